The Hall–Kier alpha value is -1.17. The van der Waals surface area contributed by atoms with Crippen LogP contribution in [0.2, 0.25) is 5.02 Å². The van der Waals surface area contributed by atoms with Crippen molar-refractivity contribution in [1.29, 1.82) is 0 Å². The maximum atomic E-state index is 13.2. The lowest BCUT2D eigenvalue weighted by Gasteiger charge is -2.22. The first-order chi connectivity index (χ1) is 9.98. The molecular weight excluding hydrogens is 313 g/mol. The number of nitrogens with one attached hydrogen (secondary N) is 1. The van der Waals surface area contributed by atoms with E-state index in [-0.39, 0.29) is 18.3 Å². The van der Waals surface area contributed by atoms with Crippen molar-refractivity contribution in [3.05, 3.63) is 33.9 Å². The summed E-state index contributed by atoms with van der Waals surface area (Å²) in [5, 5.41) is 14.0. The fraction of sp³-hybridized carbons (Fsp3) is 0.400. The number of aliphatic hydroxyl groups is 1. The molecule has 2 aromatic rings. The zero-order valence-corrected chi connectivity index (χ0v) is 12.9. The van der Waals surface area contributed by atoms with Gasteiger partial charge in [0.1, 0.15) is 10.7 Å². The standard InChI is InChI=1S/C15H15ClFNO2S/c16-12-10-4-3-9(17)7-11(10)21-13(12)14(19)18-8-15(20)5-1-2-6-15/h3-4,7,20H,1-2,5-6,8H2,(H,18,19). The average Bonchev–Trinajstić information content (AvgIpc) is 3.01. The van der Waals surface area contributed by atoms with Crippen LogP contribution < -0.4 is 5.32 Å². The Bertz CT molecular complexity index is 694. The van der Waals surface area contributed by atoms with Gasteiger partial charge in [0.15, 0.2) is 0 Å². The van der Waals surface area contributed by atoms with Crippen LogP contribution >= 0.6 is 22.9 Å². The summed E-state index contributed by atoms with van der Waals surface area (Å²) in [5.74, 6) is -0.672. The summed E-state index contributed by atoms with van der Waals surface area (Å²) in [6.07, 6.45) is 3.38. The lowest BCUT2D eigenvalue weighted by Crippen LogP contribution is -2.40. The second kappa shape index (κ2) is 5.55. The Kier molecular flexibility index (Phi) is 3.90. The molecule has 1 fully saturated rings. The number of hydrogen-bond acceptors (Lipinski definition) is 3. The lowest BCUT2D eigenvalue weighted by molar-refractivity contribution is 0.0450. The molecule has 1 heterocycles. The number of benzene rings is 1. The van der Waals surface area contributed by atoms with Crippen molar-refractivity contribution < 1.29 is 14.3 Å². The van der Waals surface area contributed by atoms with E-state index in [1.165, 1.54) is 12.1 Å². The van der Waals surface area contributed by atoms with Crippen LogP contribution in [0.15, 0.2) is 18.2 Å². The molecule has 1 aromatic heterocycles. The molecule has 0 radical (unpaired) electrons. The van der Waals surface area contributed by atoms with E-state index < -0.39 is 5.60 Å². The molecule has 0 atom stereocenters. The van der Waals surface area contributed by atoms with E-state index in [0.717, 1.165) is 24.2 Å². The van der Waals surface area contributed by atoms with E-state index in [0.29, 0.717) is 32.8 Å². The van der Waals surface area contributed by atoms with Crippen LogP contribution in [-0.4, -0.2) is 23.2 Å². The number of rotatable bonds is 3. The second-order valence-corrected chi connectivity index (χ2v) is 6.93. The molecule has 1 aromatic carbocycles. The molecule has 3 nitrogen and oxygen atoms in total. The third-order valence-corrected chi connectivity index (χ3v) is 5.57. The minimum absolute atomic E-state index is 0.227. The molecule has 2 N–H and O–H groups in total. The van der Waals surface area contributed by atoms with Crippen LogP contribution in [0.4, 0.5) is 4.39 Å². The van der Waals surface area contributed by atoms with Gasteiger partial charge in [-0.2, -0.15) is 0 Å². The number of carbonyl (C=O) groups is 1. The first kappa shape index (κ1) is 14.8. The van der Waals surface area contributed by atoms with E-state index in [1.807, 2.05) is 0 Å². The Labute approximate surface area is 130 Å². The predicted molar refractivity (Wildman–Crippen MR) is 82.5 cm³/mol. The Morgan fingerprint density at radius 2 is 2.14 bits per heavy atom. The molecule has 6 heteroatoms. The molecule has 1 aliphatic carbocycles. The van der Waals surface area contributed by atoms with Crippen LogP contribution in [-0.2, 0) is 0 Å². The van der Waals surface area contributed by atoms with E-state index in [2.05, 4.69) is 5.32 Å². The highest BCUT2D eigenvalue weighted by Gasteiger charge is 2.31. The number of thiophene rings is 1. The zero-order valence-electron chi connectivity index (χ0n) is 11.3. The van der Waals surface area contributed by atoms with Gasteiger partial charge >= 0.3 is 0 Å². The van der Waals surface area contributed by atoms with E-state index in [4.69, 9.17) is 11.6 Å². The van der Waals surface area contributed by atoms with Gasteiger partial charge in [0.2, 0.25) is 0 Å². The number of carbonyl (C=O) groups excluding carboxylic acids is 1. The maximum Gasteiger partial charge on any atom is 0.263 e. The Balaban J connectivity index is 1.79. The number of hydrogen-bond donors (Lipinski definition) is 2. The second-order valence-electron chi connectivity index (χ2n) is 5.50. The molecule has 0 bridgehead atoms. The summed E-state index contributed by atoms with van der Waals surface area (Å²) in [6.45, 7) is 0.227. The van der Waals surface area contributed by atoms with Gasteiger partial charge in [-0.25, -0.2) is 4.39 Å². The molecular formula is C15H15ClFNO2S. The number of fused-ring (bicyclic) bond motifs is 1. The average molecular weight is 328 g/mol. The fourth-order valence-electron chi connectivity index (χ4n) is 2.72. The first-order valence-electron chi connectivity index (χ1n) is 6.87. The van der Waals surface area contributed by atoms with Crippen LogP contribution in [0, 0.1) is 5.82 Å². The highest BCUT2D eigenvalue weighted by Crippen LogP contribution is 2.36. The van der Waals surface area contributed by atoms with Crippen molar-refractivity contribution >= 4 is 38.9 Å². The Morgan fingerprint density at radius 1 is 1.43 bits per heavy atom. The minimum atomic E-state index is -0.801. The molecule has 0 aliphatic heterocycles. The number of halogens is 2. The van der Waals surface area contributed by atoms with Crippen molar-refractivity contribution in [3.63, 3.8) is 0 Å². The molecule has 1 aliphatic rings. The maximum absolute atomic E-state index is 13.2. The zero-order chi connectivity index (χ0) is 15.0. The van der Waals surface area contributed by atoms with E-state index in [9.17, 15) is 14.3 Å². The summed E-state index contributed by atoms with van der Waals surface area (Å²) in [6, 6.07) is 4.27. The van der Waals surface area contributed by atoms with Gasteiger partial charge in [-0.05, 0) is 31.0 Å². The van der Waals surface area contributed by atoms with Gasteiger partial charge in [0, 0.05) is 16.6 Å². The van der Waals surface area contributed by atoms with Crippen LogP contribution in [0.25, 0.3) is 10.1 Å². The van der Waals surface area contributed by atoms with E-state index in [1.54, 1.807) is 6.07 Å². The van der Waals surface area contributed by atoms with E-state index >= 15 is 0 Å². The topological polar surface area (TPSA) is 49.3 Å². The van der Waals surface area contributed by atoms with Crippen molar-refractivity contribution in [2.75, 3.05) is 6.54 Å². The van der Waals surface area contributed by atoms with Gasteiger partial charge in [-0.15, -0.1) is 11.3 Å². The summed E-state index contributed by atoms with van der Waals surface area (Å²) in [4.78, 5) is 12.6. The molecule has 1 saturated carbocycles. The smallest absolute Gasteiger partial charge is 0.263 e. The molecule has 3 rings (SSSR count). The van der Waals surface area contributed by atoms with Crippen LogP contribution in [0.1, 0.15) is 35.4 Å². The third-order valence-electron chi connectivity index (χ3n) is 3.91. The van der Waals surface area contributed by atoms with Gasteiger partial charge in [0.25, 0.3) is 5.91 Å². The monoisotopic (exact) mass is 327 g/mol. The third kappa shape index (κ3) is 2.91. The largest absolute Gasteiger partial charge is 0.388 e. The number of amides is 1. The summed E-state index contributed by atoms with van der Waals surface area (Å²) >= 11 is 7.36. The highest BCUT2D eigenvalue weighted by atomic mass is 35.5. The minimum Gasteiger partial charge on any atom is -0.388 e. The SMILES string of the molecule is O=C(NCC1(O)CCCC1)c1sc2cc(F)ccc2c1Cl. The first-order valence-corrected chi connectivity index (χ1v) is 8.06. The Morgan fingerprint density at radius 3 is 2.86 bits per heavy atom. The molecule has 0 unspecified atom stereocenters. The lowest BCUT2D eigenvalue weighted by atomic mass is 10.0. The van der Waals surface area contributed by atoms with Gasteiger partial charge < -0.3 is 10.4 Å². The molecule has 0 spiro atoms. The van der Waals surface area contributed by atoms with Crippen LogP contribution in [0.5, 0.6) is 0 Å². The van der Waals surface area contributed by atoms with Crippen molar-refractivity contribution in [2.24, 2.45) is 0 Å². The summed E-state index contributed by atoms with van der Waals surface area (Å²) in [5.41, 5.74) is -0.801. The van der Waals surface area contributed by atoms with Crippen molar-refractivity contribution in [2.45, 2.75) is 31.3 Å². The van der Waals surface area contributed by atoms with Gasteiger partial charge in [-0.3, -0.25) is 4.79 Å². The van der Waals surface area contributed by atoms with Crippen molar-refractivity contribution in [3.8, 4) is 0 Å². The molecule has 21 heavy (non-hydrogen) atoms. The normalized spacial score (nSPS) is 17.3. The molecule has 112 valence electrons. The van der Waals surface area contributed by atoms with Crippen molar-refractivity contribution in [1.82, 2.24) is 5.32 Å². The van der Waals surface area contributed by atoms with Crippen LogP contribution in [0.3, 0.4) is 0 Å². The van der Waals surface area contributed by atoms with Gasteiger partial charge in [0.05, 0.1) is 10.6 Å². The predicted octanol–water partition coefficient (Wildman–Crippen LogP) is 3.73. The fourth-order valence-corrected chi connectivity index (χ4v) is 4.18. The molecule has 1 amide bonds. The summed E-state index contributed by atoms with van der Waals surface area (Å²) in [7, 11) is 0. The summed E-state index contributed by atoms with van der Waals surface area (Å²) < 4.78 is 13.9. The van der Waals surface area contributed by atoms with Gasteiger partial charge in [-0.1, -0.05) is 24.4 Å². The highest BCUT2D eigenvalue weighted by molar-refractivity contribution is 7.21. The molecule has 0 saturated heterocycles. The quantitative estimate of drug-likeness (QED) is 0.902.